The molecule has 27 heavy (non-hydrogen) atoms. The van der Waals surface area contributed by atoms with Gasteiger partial charge in [0.1, 0.15) is 0 Å². The summed E-state index contributed by atoms with van der Waals surface area (Å²) in [5.74, 6) is 1.02. The average molecular weight is 399 g/mol. The Morgan fingerprint density at radius 3 is 2.67 bits per heavy atom. The Bertz CT molecular complexity index is 903. The average Bonchev–Trinajstić information content (AvgIpc) is 3.21. The van der Waals surface area contributed by atoms with E-state index in [-0.39, 0.29) is 11.2 Å². The van der Waals surface area contributed by atoms with Gasteiger partial charge in [0.05, 0.1) is 10.1 Å². The van der Waals surface area contributed by atoms with Crippen molar-refractivity contribution in [3.05, 3.63) is 47.8 Å². The molecule has 0 N–H and O–H groups in total. The Hall–Kier alpha value is -2.12. The van der Waals surface area contributed by atoms with Crippen LogP contribution in [0.25, 0.3) is 10.7 Å². The monoisotopic (exact) mass is 398 g/mol. The van der Waals surface area contributed by atoms with Crippen molar-refractivity contribution in [2.45, 2.75) is 43.1 Å². The number of thiophene rings is 1. The first-order chi connectivity index (χ1) is 13.2. The van der Waals surface area contributed by atoms with Gasteiger partial charge >= 0.3 is 0 Å². The number of rotatable bonds is 7. The first-order valence-electron chi connectivity index (χ1n) is 9.21. The third-order valence-electron chi connectivity index (χ3n) is 4.60. The van der Waals surface area contributed by atoms with Crippen molar-refractivity contribution in [3.8, 4) is 10.7 Å². The van der Waals surface area contributed by atoms with Gasteiger partial charge in [-0.3, -0.25) is 9.36 Å². The molecule has 2 heterocycles. The molecular weight excluding hydrogens is 376 g/mol. The van der Waals surface area contributed by atoms with Gasteiger partial charge in [-0.1, -0.05) is 36.0 Å². The molecule has 1 amide bonds. The summed E-state index contributed by atoms with van der Waals surface area (Å²) in [5.41, 5.74) is 0.931. The number of nitrogens with zero attached hydrogens (tertiary/aromatic N) is 4. The molecule has 0 saturated heterocycles. The first kappa shape index (κ1) is 18.3. The summed E-state index contributed by atoms with van der Waals surface area (Å²) in [5, 5.41) is 11.5. The van der Waals surface area contributed by atoms with Crippen molar-refractivity contribution < 1.29 is 4.79 Å². The molecule has 5 nitrogen and oxygen atoms in total. The van der Waals surface area contributed by atoms with Gasteiger partial charge in [-0.25, -0.2) is 0 Å². The zero-order chi connectivity index (χ0) is 18.8. The van der Waals surface area contributed by atoms with Gasteiger partial charge in [-0.2, -0.15) is 0 Å². The van der Waals surface area contributed by atoms with Crippen molar-refractivity contribution in [1.82, 2.24) is 14.8 Å². The van der Waals surface area contributed by atoms with Crippen LogP contribution in [0.2, 0.25) is 0 Å². The number of carbonyl (C=O) groups excluding carboxylic acids is 1. The number of hydrogen-bond acceptors (Lipinski definition) is 5. The summed E-state index contributed by atoms with van der Waals surface area (Å²) in [4.78, 5) is 16.0. The van der Waals surface area contributed by atoms with Crippen LogP contribution in [0.1, 0.15) is 32.7 Å². The molecule has 2 aromatic heterocycles. The van der Waals surface area contributed by atoms with Crippen molar-refractivity contribution in [3.63, 3.8) is 0 Å². The van der Waals surface area contributed by atoms with E-state index in [0.29, 0.717) is 12.6 Å². The van der Waals surface area contributed by atoms with E-state index < -0.39 is 0 Å². The molecule has 1 aliphatic carbocycles. The summed E-state index contributed by atoms with van der Waals surface area (Å²) < 4.78 is 2.22. The Morgan fingerprint density at radius 1 is 1.26 bits per heavy atom. The normalized spacial score (nSPS) is 14.9. The molecule has 1 aromatic carbocycles. The molecule has 1 aliphatic rings. The molecule has 1 unspecified atom stereocenters. The highest BCUT2D eigenvalue weighted by molar-refractivity contribution is 8.00. The van der Waals surface area contributed by atoms with E-state index in [1.54, 1.807) is 11.3 Å². The number of amides is 1. The van der Waals surface area contributed by atoms with E-state index in [2.05, 4.69) is 26.2 Å². The topological polar surface area (TPSA) is 51.0 Å². The largest absolute Gasteiger partial charge is 0.312 e. The van der Waals surface area contributed by atoms with E-state index in [1.807, 2.05) is 55.1 Å². The number of anilines is 1. The number of hydrogen-bond donors (Lipinski definition) is 0. The Morgan fingerprint density at radius 2 is 2.04 bits per heavy atom. The SMILES string of the molecule is CCN(C(=O)C(C)Sc1nnc(-c2cccs2)n1C1CC1)c1ccccc1. The standard InChI is InChI=1S/C20H22N4OS2/c1-3-23(15-8-5-4-6-9-15)19(25)14(2)27-20-22-21-18(17-10-7-13-26-17)24(20)16-11-12-16/h4-10,13-14,16H,3,11-12H2,1-2H3. The first-order valence-corrected chi connectivity index (χ1v) is 11.0. The summed E-state index contributed by atoms with van der Waals surface area (Å²) in [6, 6.07) is 14.4. The minimum absolute atomic E-state index is 0.0942. The van der Waals surface area contributed by atoms with Gasteiger partial charge in [0, 0.05) is 18.3 Å². The van der Waals surface area contributed by atoms with Crippen LogP contribution in [0.4, 0.5) is 5.69 Å². The van der Waals surface area contributed by atoms with Gasteiger partial charge in [0.25, 0.3) is 0 Å². The fraction of sp³-hybridized carbons (Fsp3) is 0.350. The van der Waals surface area contributed by atoms with E-state index in [9.17, 15) is 4.79 Å². The van der Waals surface area contributed by atoms with E-state index in [4.69, 9.17) is 0 Å². The second-order valence-corrected chi connectivity index (χ2v) is 8.82. The molecule has 0 spiro atoms. The summed E-state index contributed by atoms with van der Waals surface area (Å²) in [6.45, 7) is 4.60. The molecule has 1 fully saturated rings. The van der Waals surface area contributed by atoms with Crippen LogP contribution in [0.5, 0.6) is 0 Å². The van der Waals surface area contributed by atoms with Gasteiger partial charge < -0.3 is 4.90 Å². The zero-order valence-corrected chi connectivity index (χ0v) is 17.0. The van der Waals surface area contributed by atoms with Crippen LogP contribution in [0.15, 0.2) is 53.0 Å². The smallest absolute Gasteiger partial charge is 0.240 e. The molecular formula is C20H22N4OS2. The van der Waals surface area contributed by atoms with Gasteiger partial charge in [-0.05, 0) is 50.3 Å². The molecule has 3 aromatic rings. The fourth-order valence-electron chi connectivity index (χ4n) is 3.09. The quantitative estimate of drug-likeness (QED) is 0.533. The lowest BCUT2D eigenvalue weighted by Gasteiger charge is -2.24. The van der Waals surface area contributed by atoms with Gasteiger partial charge in [-0.15, -0.1) is 21.5 Å². The second kappa shape index (κ2) is 7.86. The van der Waals surface area contributed by atoms with E-state index in [0.717, 1.165) is 34.4 Å². The number of carbonyl (C=O) groups is 1. The lowest BCUT2D eigenvalue weighted by molar-refractivity contribution is -0.117. The molecule has 1 saturated carbocycles. The van der Waals surface area contributed by atoms with E-state index in [1.165, 1.54) is 11.8 Å². The van der Waals surface area contributed by atoms with Crippen molar-refractivity contribution in [2.75, 3.05) is 11.4 Å². The van der Waals surface area contributed by atoms with Crippen LogP contribution in [-0.2, 0) is 4.79 Å². The predicted octanol–water partition coefficient (Wildman–Crippen LogP) is 4.88. The molecule has 0 aliphatic heterocycles. The summed E-state index contributed by atoms with van der Waals surface area (Å²) in [7, 11) is 0. The lowest BCUT2D eigenvalue weighted by Crippen LogP contribution is -2.36. The molecule has 0 radical (unpaired) electrons. The number of para-hydroxylation sites is 1. The van der Waals surface area contributed by atoms with Crippen molar-refractivity contribution in [2.24, 2.45) is 0 Å². The highest BCUT2D eigenvalue weighted by Crippen LogP contribution is 2.42. The summed E-state index contributed by atoms with van der Waals surface area (Å²) >= 11 is 3.18. The zero-order valence-electron chi connectivity index (χ0n) is 15.4. The second-order valence-electron chi connectivity index (χ2n) is 6.56. The van der Waals surface area contributed by atoms with Crippen LogP contribution in [0.3, 0.4) is 0 Å². The minimum Gasteiger partial charge on any atom is -0.312 e. The molecule has 0 bridgehead atoms. The van der Waals surface area contributed by atoms with Gasteiger partial charge in [0.15, 0.2) is 11.0 Å². The number of aromatic nitrogens is 3. The van der Waals surface area contributed by atoms with E-state index >= 15 is 0 Å². The fourth-order valence-corrected chi connectivity index (χ4v) is 4.78. The maximum Gasteiger partial charge on any atom is 0.240 e. The Kier molecular flexibility index (Phi) is 5.31. The van der Waals surface area contributed by atoms with Crippen LogP contribution in [-0.4, -0.2) is 32.5 Å². The van der Waals surface area contributed by atoms with Crippen LogP contribution >= 0.6 is 23.1 Å². The molecule has 7 heteroatoms. The van der Waals surface area contributed by atoms with Crippen molar-refractivity contribution in [1.29, 1.82) is 0 Å². The minimum atomic E-state index is -0.233. The third-order valence-corrected chi connectivity index (χ3v) is 6.51. The highest BCUT2D eigenvalue weighted by Gasteiger charge is 2.32. The predicted molar refractivity (Wildman–Crippen MR) is 111 cm³/mol. The van der Waals surface area contributed by atoms with Gasteiger partial charge in [0.2, 0.25) is 5.91 Å². The maximum atomic E-state index is 13.1. The highest BCUT2D eigenvalue weighted by atomic mass is 32.2. The van der Waals surface area contributed by atoms with Crippen LogP contribution < -0.4 is 4.90 Å². The molecule has 4 rings (SSSR count). The number of thioether (sulfide) groups is 1. The van der Waals surface area contributed by atoms with Crippen molar-refractivity contribution >= 4 is 34.7 Å². The molecule has 140 valence electrons. The Labute approximate surface area is 167 Å². The number of benzene rings is 1. The molecule has 1 atom stereocenters. The third kappa shape index (κ3) is 3.80. The maximum absolute atomic E-state index is 13.1. The Balaban J connectivity index is 1.56. The van der Waals surface area contributed by atoms with Crippen LogP contribution in [0, 0.1) is 0 Å². The lowest BCUT2D eigenvalue weighted by atomic mass is 10.2. The summed E-state index contributed by atoms with van der Waals surface area (Å²) in [6.07, 6.45) is 2.30.